The molecular formula is C11H18N2O2S. The molecule has 0 aliphatic rings. The van der Waals surface area contributed by atoms with Crippen LogP contribution >= 0.6 is 0 Å². The standard InChI is InChI=1S/C11H18N2O2S/c1-8(9(2)12)10-4-6-11(7-5-10)16(14,15)13-3/h4-9,13H,12H2,1-3H3. The second kappa shape index (κ2) is 4.95. The lowest BCUT2D eigenvalue weighted by molar-refractivity contribution is 0.587. The average Bonchev–Trinajstić information content (AvgIpc) is 2.28. The van der Waals surface area contributed by atoms with Crippen molar-refractivity contribution < 1.29 is 8.42 Å². The number of sulfonamides is 1. The van der Waals surface area contributed by atoms with E-state index in [1.54, 1.807) is 24.3 Å². The van der Waals surface area contributed by atoms with Crippen LogP contribution in [0.2, 0.25) is 0 Å². The van der Waals surface area contributed by atoms with Crippen LogP contribution in [0.25, 0.3) is 0 Å². The number of hydrogen-bond donors (Lipinski definition) is 2. The van der Waals surface area contributed by atoms with Gasteiger partial charge in [-0.15, -0.1) is 0 Å². The van der Waals surface area contributed by atoms with Crippen molar-refractivity contribution in [3.63, 3.8) is 0 Å². The minimum absolute atomic E-state index is 0.0479. The van der Waals surface area contributed by atoms with Crippen LogP contribution in [0, 0.1) is 0 Å². The first-order chi connectivity index (χ1) is 7.38. The van der Waals surface area contributed by atoms with Gasteiger partial charge in [0.05, 0.1) is 4.90 Å². The SMILES string of the molecule is CNS(=O)(=O)c1ccc(C(C)C(C)N)cc1. The van der Waals surface area contributed by atoms with Crippen molar-refractivity contribution >= 4 is 10.0 Å². The molecule has 5 heteroatoms. The van der Waals surface area contributed by atoms with Crippen molar-refractivity contribution in [2.24, 2.45) is 5.73 Å². The van der Waals surface area contributed by atoms with Crippen LogP contribution in [0.1, 0.15) is 25.3 Å². The van der Waals surface area contributed by atoms with E-state index in [0.717, 1.165) is 5.56 Å². The second-order valence-electron chi connectivity index (χ2n) is 3.92. The van der Waals surface area contributed by atoms with Gasteiger partial charge in [-0.1, -0.05) is 19.1 Å². The van der Waals surface area contributed by atoms with Crippen LogP contribution in [0.3, 0.4) is 0 Å². The van der Waals surface area contributed by atoms with Gasteiger partial charge in [-0.2, -0.15) is 0 Å². The van der Waals surface area contributed by atoms with Crippen LogP contribution < -0.4 is 10.5 Å². The summed E-state index contributed by atoms with van der Waals surface area (Å²) in [4.78, 5) is 0.274. The first kappa shape index (κ1) is 13.2. The fourth-order valence-electron chi connectivity index (χ4n) is 1.37. The molecular weight excluding hydrogens is 224 g/mol. The van der Waals surface area contributed by atoms with E-state index in [0.29, 0.717) is 0 Å². The molecule has 0 saturated carbocycles. The number of nitrogens with two attached hydrogens (primary N) is 1. The lowest BCUT2D eigenvalue weighted by Gasteiger charge is -2.16. The molecule has 1 aromatic carbocycles. The van der Waals surface area contributed by atoms with E-state index >= 15 is 0 Å². The molecule has 2 unspecified atom stereocenters. The van der Waals surface area contributed by atoms with Crippen molar-refractivity contribution in [2.75, 3.05) is 7.05 Å². The van der Waals surface area contributed by atoms with Gasteiger partial charge in [-0.25, -0.2) is 13.1 Å². The molecule has 0 amide bonds. The first-order valence-electron chi connectivity index (χ1n) is 5.17. The molecule has 2 atom stereocenters. The van der Waals surface area contributed by atoms with Crippen LogP contribution in [-0.2, 0) is 10.0 Å². The Morgan fingerprint density at radius 3 is 2.06 bits per heavy atom. The Kier molecular flexibility index (Phi) is 4.07. The summed E-state index contributed by atoms with van der Waals surface area (Å²) in [6.07, 6.45) is 0. The molecule has 0 heterocycles. The van der Waals surface area contributed by atoms with Crippen molar-refractivity contribution in [3.8, 4) is 0 Å². The summed E-state index contributed by atoms with van der Waals surface area (Å²) in [5.74, 6) is 0.214. The zero-order valence-corrected chi connectivity index (χ0v) is 10.6. The molecule has 1 rings (SSSR count). The third-order valence-electron chi connectivity index (χ3n) is 2.77. The summed E-state index contributed by atoms with van der Waals surface area (Å²) in [5.41, 5.74) is 6.83. The highest BCUT2D eigenvalue weighted by Gasteiger charge is 2.13. The second-order valence-corrected chi connectivity index (χ2v) is 5.81. The molecule has 0 aliphatic carbocycles. The largest absolute Gasteiger partial charge is 0.327 e. The third kappa shape index (κ3) is 2.81. The Balaban J connectivity index is 3.01. The molecule has 16 heavy (non-hydrogen) atoms. The van der Waals surface area contributed by atoms with Gasteiger partial charge in [0.1, 0.15) is 0 Å². The summed E-state index contributed by atoms with van der Waals surface area (Å²) in [5, 5.41) is 0. The Morgan fingerprint density at radius 1 is 1.19 bits per heavy atom. The molecule has 0 radical (unpaired) electrons. The molecule has 4 nitrogen and oxygen atoms in total. The minimum Gasteiger partial charge on any atom is -0.327 e. The lowest BCUT2D eigenvalue weighted by atomic mass is 9.95. The smallest absolute Gasteiger partial charge is 0.240 e. The quantitative estimate of drug-likeness (QED) is 0.828. The van der Waals surface area contributed by atoms with E-state index in [9.17, 15) is 8.42 Å². The summed E-state index contributed by atoms with van der Waals surface area (Å²) in [7, 11) is -1.95. The Morgan fingerprint density at radius 2 is 1.69 bits per heavy atom. The van der Waals surface area contributed by atoms with Gasteiger partial charge in [-0.05, 0) is 37.6 Å². The number of benzene rings is 1. The van der Waals surface area contributed by atoms with E-state index in [1.165, 1.54) is 7.05 Å². The predicted molar refractivity (Wildman–Crippen MR) is 64.8 cm³/mol. The number of rotatable bonds is 4. The van der Waals surface area contributed by atoms with Crippen molar-refractivity contribution in [3.05, 3.63) is 29.8 Å². The van der Waals surface area contributed by atoms with Gasteiger partial charge in [0, 0.05) is 6.04 Å². The van der Waals surface area contributed by atoms with Gasteiger partial charge in [-0.3, -0.25) is 0 Å². The molecule has 0 fully saturated rings. The maximum Gasteiger partial charge on any atom is 0.240 e. The Labute approximate surface area is 96.9 Å². The fourth-order valence-corrected chi connectivity index (χ4v) is 2.10. The topological polar surface area (TPSA) is 72.2 Å². The fraction of sp³-hybridized carbons (Fsp3) is 0.455. The van der Waals surface area contributed by atoms with Crippen molar-refractivity contribution in [1.29, 1.82) is 0 Å². The summed E-state index contributed by atoms with van der Waals surface area (Å²) in [6, 6.07) is 6.85. The van der Waals surface area contributed by atoms with E-state index in [4.69, 9.17) is 5.73 Å². The molecule has 90 valence electrons. The van der Waals surface area contributed by atoms with Gasteiger partial charge in [0.15, 0.2) is 0 Å². The molecule has 0 saturated heterocycles. The summed E-state index contributed by atoms with van der Waals surface area (Å²) >= 11 is 0. The maximum atomic E-state index is 11.5. The third-order valence-corrected chi connectivity index (χ3v) is 4.20. The molecule has 0 aliphatic heterocycles. The van der Waals surface area contributed by atoms with Crippen LogP contribution in [0.5, 0.6) is 0 Å². The van der Waals surface area contributed by atoms with Crippen LogP contribution in [0.15, 0.2) is 29.2 Å². The van der Waals surface area contributed by atoms with Crippen molar-refractivity contribution in [2.45, 2.75) is 30.7 Å². The van der Waals surface area contributed by atoms with Crippen LogP contribution in [0.4, 0.5) is 0 Å². The van der Waals surface area contributed by atoms with E-state index in [1.807, 2.05) is 13.8 Å². The van der Waals surface area contributed by atoms with E-state index in [2.05, 4.69) is 4.72 Å². The minimum atomic E-state index is -3.34. The first-order valence-corrected chi connectivity index (χ1v) is 6.66. The Hall–Kier alpha value is -0.910. The average molecular weight is 242 g/mol. The van der Waals surface area contributed by atoms with Gasteiger partial charge < -0.3 is 5.73 Å². The zero-order chi connectivity index (χ0) is 12.3. The van der Waals surface area contributed by atoms with Crippen molar-refractivity contribution in [1.82, 2.24) is 4.72 Å². The van der Waals surface area contributed by atoms with E-state index < -0.39 is 10.0 Å². The molecule has 1 aromatic rings. The summed E-state index contributed by atoms with van der Waals surface area (Å²) < 4.78 is 25.2. The monoisotopic (exact) mass is 242 g/mol. The number of nitrogens with one attached hydrogen (secondary N) is 1. The molecule has 3 N–H and O–H groups in total. The van der Waals surface area contributed by atoms with E-state index in [-0.39, 0.29) is 16.9 Å². The van der Waals surface area contributed by atoms with Crippen LogP contribution in [-0.4, -0.2) is 21.5 Å². The highest BCUT2D eigenvalue weighted by atomic mass is 32.2. The molecule has 0 spiro atoms. The lowest BCUT2D eigenvalue weighted by Crippen LogP contribution is -2.22. The normalized spacial score (nSPS) is 15.8. The van der Waals surface area contributed by atoms with Gasteiger partial charge in [0.25, 0.3) is 0 Å². The Bertz CT molecular complexity index is 438. The van der Waals surface area contributed by atoms with Gasteiger partial charge >= 0.3 is 0 Å². The summed E-state index contributed by atoms with van der Waals surface area (Å²) in [6.45, 7) is 3.95. The maximum absolute atomic E-state index is 11.5. The number of hydrogen-bond acceptors (Lipinski definition) is 3. The highest BCUT2D eigenvalue weighted by Crippen LogP contribution is 2.19. The molecule has 0 aromatic heterocycles. The van der Waals surface area contributed by atoms with Gasteiger partial charge in [0.2, 0.25) is 10.0 Å². The molecule has 0 bridgehead atoms. The zero-order valence-electron chi connectivity index (χ0n) is 9.77. The predicted octanol–water partition coefficient (Wildman–Crippen LogP) is 1.05. The highest BCUT2D eigenvalue weighted by molar-refractivity contribution is 7.89.